The van der Waals surface area contributed by atoms with Crippen molar-refractivity contribution in [3.05, 3.63) is 59.3 Å². The number of thiol groups is 1. The fraction of sp³-hybridized carbons (Fsp3) is 0.190. The van der Waals surface area contributed by atoms with Crippen LogP contribution in [-0.2, 0) is 0 Å². The van der Waals surface area contributed by atoms with E-state index in [1.165, 1.54) is 0 Å². The zero-order valence-electron chi connectivity index (χ0n) is 16.3. The Labute approximate surface area is 190 Å². The number of ether oxygens (including phenoxy) is 2. The van der Waals surface area contributed by atoms with Gasteiger partial charge in [0.1, 0.15) is 22.9 Å². The third-order valence-electron chi connectivity index (χ3n) is 4.51. The van der Waals surface area contributed by atoms with E-state index in [0.29, 0.717) is 6.61 Å². The van der Waals surface area contributed by atoms with Gasteiger partial charge >= 0.3 is 5.16 Å². The Morgan fingerprint density at radius 2 is 1.83 bits per heavy atom. The summed E-state index contributed by atoms with van der Waals surface area (Å²) in [4.78, 5) is 4.48. The lowest BCUT2D eigenvalue weighted by atomic mass is 10.2. The number of benzene rings is 2. The standard InChI is InChI=1S/C21H21N3O2S2.BrH/c1-4-26-16-9-10-17-19(11-16)28-12-18(23-17)20-13(2)22-21(27)24(20)14-5-7-15(25-3)8-6-14;/h5-12,23H,4H2,1-3H3,(H,22,27);1H. The molecule has 3 aromatic rings. The van der Waals surface area contributed by atoms with Crippen LogP contribution in [-0.4, -0.2) is 18.7 Å². The van der Waals surface area contributed by atoms with Crippen LogP contribution < -0.4 is 36.3 Å². The lowest BCUT2D eigenvalue weighted by molar-refractivity contribution is -0.637. The molecule has 0 saturated carbocycles. The Balaban J connectivity index is 0.00000240. The summed E-state index contributed by atoms with van der Waals surface area (Å²) in [5.74, 6) is 1.71. The van der Waals surface area contributed by atoms with Gasteiger partial charge in [-0.3, -0.25) is 0 Å². The molecule has 0 unspecified atom stereocenters. The highest BCUT2D eigenvalue weighted by Crippen LogP contribution is 2.39. The first-order chi connectivity index (χ1) is 13.6. The zero-order chi connectivity index (χ0) is 19.7. The Morgan fingerprint density at radius 3 is 2.52 bits per heavy atom. The Morgan fingerprint density at radius 1 is 1.10 bits per heavy atom. The van der Waals surface area contributed by atoms with Gasteiger partial charge in [0.05, 0.1) is 25.1 Å². The number of aromatic amines is 1. The van der Waals surface area contributed by atoms with Crippen LogP contribution in [0.25, 0.3) is 11.4 Å². The van der Waals surface area contributed by atoms with E-state index in [9.17, 15) is 0 Å². The van der Waals surface area contributed by atoms with E-state index in [0.717, 1.165) is 50.0 Å². The number of anilines is 1. The lowest BCUT2D eigenvalue weighted by Crippen LogP contribution is -3.00. The molecule has 0 fully saturated rings. The number of halogens is 1. The summed E-state index contributed by atoms with van der Waals surface area (Å²) in [6.45, 7) is 4.70. The monoisotopic (exact) mass is 491 g/mol. The predicted molar refractivity (Wildman–Crippen MR) is 116 cm³/mol. The Bertz CT molecular complexity index is 1050. The van der Waals surface area contributed by atoms with Gasteiger partial charge in [-0.25, -0.2) is 4.98 Å². The topological polar surface area (TPSA) is 50.2 Å². The van der Waals surface area contributed by atoms with Crippen LogP contribution in [0.4, 0.5) is 5.69 Å². The molecule has 0 aliphatic carbocycles. The van der Waals surface area contributed by atoms with Crippen molar-refractivity contribution in [1.29, 1.82) is 0 Å². The van der Waals surface area contributed by atoms with E-state index in [-0.39, 0.29) is 17.0 Å². The molecule has 1 aliphatic rings. The minimum absolute atomic E-state index is 0. The average molecular weight is 492 g/mol. The van der Waals surface area contributed by atoms with Crippen molar-refractivity contribution in [2.45, 2.75) is 23.9 Å². The first-order valence-corrected chi connectivity index (χ1v) is 10.3. The molecule has 0 amide bonds. The van der Waals surface area contributed by atoms with Gasteiger partial charge in [-0.2, -0.15) is 4.57 Å². The number of hydrogen-bond acceptors (Lipinski definition) is 5. The van der Waals surface area contributed by atoms with Crippen molar-refractivity contribution >= 4 is 35.8 Å². The first kappa shape index (κ1) is 21.7. The van der Waals surface area contributed by atoms with Crippen molar-refractivity contribution < 1.29 is 31.0 Å². The molecule has 29 heavy (non-hydrogen) atoms. The summed E-state index contributed by atoms with van der Waals surface area (Å²) < 4.78 is 13.0. The number of H-pyrrole nitrogens is 1. The zero-order valence-corrected chi connectivity index (χ0v) is 19.6. The minimum Gasteiger partial charge on any atom is -1.00 e. The number of hydrogen-bond donors (Lipinski definition) is 3. The van der Waals surface area contributed by atoms with Crippen LogP contribution in [0.2, 0.25) is 0 Å². The van der Waals surface area contributed by atoms with Crippen LogP contribution in [0, 0.1) is 6.92 Å². The predicted octanol–water partition coefficient (Wildman–Crippen LogP) is 1.82. The van der Waals surface area contributed by atoms with Crippen molar-refractivity contribution in [2.75, 3.05) is 19.0 Å². The number of nitrogens with zero attached hydrogens (tertiary/aromatic N) is 1. The molecule has 0 spiro atoms. The molecule has 152 valence electrons. The highest BCUT2D eigenvalue weighted by molar-refractivity contribution is 8.02. The molecular formula is C21H22BrN3O2S2. The van der Waals surface area contributed by atoms with Gasteiger partial charge in [0.15, 0.2) is 5.69 Å². The molecule has 2 aromatic carbocycles. The molecule has 5 nitrogen and oxygen atoms in total. The summed E-state index contributed by atoms with van der Waals surface area (Å²) in [5.41, 5.74) is 5.17. The van der Waals surface area contributed by atoms with Crippen LogP contribution in [0.3, 0.4) is 0 Å². The molecule has 0 bridgehead atoms. The van der Waals surface area contributed by atoms with E-state index < -0.39 is 0 Å². The van der Waals surface area contributed by atoms with E-state index >= 15 is 0 Å². The van der Waals surface area contributed by atoms with Crippen molar-refractivity contribution in [2.24, 2.45) is 0 Å². The SMILES string of the molecule is CCOc1ccc2c(c1)SC=C(c1c(C)[nH]c(S)[n+]1-c1ccc(OC)cc1)N2.[Br-]. The fourth-order valence-electron chi connectivity index (χ4n) is 3.23. The summed E-state index contributed by atoms with van der Waals surface area (Å²) >= 11 is 6.34. The molecule has 0 saturated heterocycles. The maximum atomic E-state index is 5.61. The second-order valence-corrected chi connectivity index (χ2v) is 7.66. The molecule has 1 aromatic heterocycles. The molecular weight excluding hydrogens is 470 g/mol. The molecule has 2 heterocycles. The third kappa shape index (κ3) is 4.29. The fourth-order valence-corrected chi connectivity index (χ4v) is 4.46. The maximum Gasteiger partial charge on any atom is 0.318 e. The van der Waals surface area contributed by atoms with Crippen molar-refractivity contribution in [3.8, 4) is 17.2 Å². The second kappa shape index (κ2) is 9.19. The highest BCUT2D eigenvalue weighted by atomic mass is 79.9. The van der Waals surface area contributed by atoms with Crippen molar-refractivity contribution in [1.82, 2.24) is 4.98 Å². The Kier molecular flexibility index (Phi) is 6.87. The van der Waals surface area contributed by atoms with E-state index in [4.69, 9.17) is 9.47 Å². The molecule has 2 N–H and O–H groups in total. The lowest BCUT2D eigenvalue weighted by Gasteiger charge is -2.19. The molecule has 0 radical (unpaired) electrons. The normalized spacial score (nSPS) is 12.3. The molecule has 0 atom stereocenters. The number of aryl methyl sites for hydroxylation is 1. The number of aromatic nitrogens is 2. The number of imidazole rings is 1. The quantitative estimate of drug-likeness (QED) is 0.376. The number of fused-ring (bicyclic) bond motifs is 1. The van der Waals surface area contributed by atoms with Gasteiger partial charge in [0, 0.05) is 17.2 Å². The van der Waals surface area contributed by atoms with Gasteiger partial charge in [0.2, 0.25) is 0 Å². The number of thioether (sulfide) groups is 1. The molecule has 1 aliphatic heterocycles. The van der Waals surface area contributed by atoms with Crippen LogP contribution >= 0.6 is 24.4 Å². The van der Waals surface area contributed by atoms with Gasteiger partial charge in [0.25, 0.3) is 0 Å². The van der Waals surface area contributed by atoms with Crippen molar-refractivity contribution in [3.63, 3.8) is 0 Å². The highest BCUT2D eigenvalue weighted by Gasteiger charge is 2.27. The van der Waals surface area contributed by atoms with Crippen LogP contribution in [0.5, 0.6) is 11.5 Å². The number of rotatable bonds is 5. The smallest absolute Gasteiger partial charge is 0.318 e. The van der Waals surface area contributed by atoms with E-state index in [2.05, 4.69) is 52.0 Å². The molecule has 8 heteroatoms. The average Bonchev–Trinajstić information content (AvgIpc) is 3.01. The largest absolute Gasteiger partial charge is 1.00 e. The van der Waals surface area contributed by atoms with Crippen LogP contribution in [0.15, 0.2) is 57.9 Å². The Hall–Kier alpha value is -2.03. The van der Waals surface area contributed by atoms with Crippen LogP contribution in [0.1, 0.15) is 18.3 Å². The van der Waals surface area contributed by atoms with Gasteiger partial charge in [-0.05, 0) is 49.4 Å². The summed E-state index contributed by atoms with van der Waals surface area (Å²) in [6, 6.07) is 14.1. The van der Waals surface area contributed by atoms with Gasteiger partial charge < -0.3 is 31.8 Å². The second-order valence-electron chi connectivity index (χ2n) is 6.32. The number of nitrogens with one attached hydrogen (secondary N) is 2. The minimum atomic E-state index is 0. The third-order valence-corrected chi connectivity index (χ3v) is 5.77. The van der Waals surface area contributed by atoms with E-state index in [1.54, 1.807) is 18.9 Å². The summed E-state index contributed by atoms with van der Waals surface area (Å²) in [5, 5.41) is 6.45. The number of methoxy groups -OCH3 is 1. The first-order valence-electron chi connectivity index (χ1n) is 8.99. The molecule has 4 rings (SSSR count). The maximum absolute atomic E-state index is 5.61. The van der Waals surface area contributed by atoms with E-state index in [1.807, 2.05) is 37.3 Å². The summed E-state index contributed by atoms with van der Waals surface area (Å²) in [6.07, 6.45) is 0. The van der Waals surface area contributed by atoms with Gasteiger partial charge in [-0.1, -0.05) is 24.4 Å². The summed E-state index contributed by atoms with van der Waals surface area (Å²) in [7, 11) is 1.67. The van der Waals surface area contributed by atoms with Gasteiger partial charge in [-0.15, -0.1) is 0 Å².